The van der Waals surface area contributed by atoms with Crippen LogP contribution in [0.3, 0.4) is 0 Å². The molecular formula is C21H36N4. The standard InChI is InChI=1S/C21H36N4/c1-2-8-18(7-1)15-21-22-16-19(23-21)17-25-13-4-3-9-20(25)10-14-24-11-5-6-12-24/h16,18,20H,1-15,17H2,(H,22,23)/t20-/m0/s1. The van der Waals surface area contributed by atoms with Gasteiger partial charge in [-0.05, 0) is 64.2 Å². The SMILES string of the molecule is c1nc(CC2CCCC2)[nH]c1CN1CCCC[C@H]1CCN1CCCC1. The Hall–Kier alpha value is -0.870. The molecule has 3 fully saturated rings. The second kappa shape index (κ2) is 8.68. The molecular weight excluding hydrogens is 308 g/mol. The largest absolute Gasteiger partial charge is 0.345 e. The maximum absolute atomic E-state index is 4.69. The van der Waals surface area contributed by atoms with E-state index in [0.29, 0.717) is 0 Å². The zero-order chi connectivity index (χ0) is 16.9. The summed E-state index contributed by atoms with van der Waals surface area (Å²) in [4.78, 5) is 13.7. The van der Waals surface area contributed by atoms with Crippen LogP contribution in [0.4, 0.5) is 0 Å². The van der Waals surface area contributed by atoms with Crippen molar-refractivity contribution in [3.05, 3.63) is 17.7 Å². The maximum atomic E-state index is 4.69. The third kappa shape index (κ3) is 4.85. The highest BCUT2D eigenvalue weighted by Gasteiger charge is 2.24. The van der Waals surface area contributed by atoms with Gasteiger partial charge in [0, 0.05) is 30.9 Å². The summed E-state index contributed by atoms with van der Waals surface area (Å²) >= 11 is 0. The van der Waals surface area contributed by atoms with Crippen LogP contribution in [0.25, 0.3) is 0 Å². The van der Waals surface area contributed by atoms with E-state index < -0.39 is 0 Å². The molecule has 1 aromatic rings. The van der Waals surface area contributed by atoms with Gasteiger partial charge >= 0.3 is 0 Å². The molecule has 1 N–H and O–H groups in total. The lowest BCUT2D eigenvalue weighted by atomic mass is 9.99. The predicted molar refractivity (Wildman–Crippen MR) is 103 cm³/mol. The van der Waals surface area contributed by atoms with Crippen molar-refractivity contribution in [1.29, 1.82) is 0 Å². The summed E-state index contributed by atoms with van der Waals surface area (Å²) in [6.45, 7) is 6.30. The molecule has 4 heteroatoms. The van der Waals surface area contributed by atoms with Gasteiger partial charge in [0.25, 0.3) is 0 Å². The second-order valence-electron chi connectivity index (χ2n) is 8.67. The molecule has 0 radical (unpaired) electrons. The Morgan fingerprint density at radius 3 is 2.56 bits per heavy atom. The van der Waals surface area contributed by atoms with Crippen LogP contribution < -0.4 is 0 Å². The van der Waals surface area contributed by atoms with Gasteiger partial charge in [-0.2, -0.15) is 0 Å². The third-order valence-electron chi connectivity index (χ3n) is 6.74. The van der Waals surface area contributed by atoms with E-state index in [-0.39, 0.29) is 0 Å². The minimum absolute atomic E-state index is 0.774. The van der Waals surface area contributed by atoms with Gasteiger partial charge in [0.05, 0.1) is 0 Å². The molecule has 2 aliphatic heterocycles. The van der Waals surface area contributed by atoms with Gasteiger partial charge in [-0.25, -0.2) is 4.98 Å². The number of piperidine rings is 1. The van der Waals surface area contributed by atoms with Gasteiger partial charge in [-0.1, -0.05) is 32.1 Å². The molecule has 3 aliphatic rings. The van der Waals surface area contributed by atoms with Crippen molar-refractivity contribution in [2.45, 2.75) is 83.2 Å². The van der Waals surface area contributed by atoms with Gasteiger partial charge in [0.1, 0.15) is 5.82 Å². The van der Waals surface area contributed by atoms with E-state index in [4.69, 9.17) is 0 Å². The van der Waals surface area contributed by atoms with E-state index >= 15 is 0 Å². The monoisotopic (exact) mass is 344 g/mol. The van der Waals surface area contributed by atoms with Crippen LogP contribution in [0.5, 0.6) is 0 Å². The Balaban J connectivity index is 1.29. The van der Waals surface area contributed by atoms with Crippen molar-refractivity contribution in [1.82, 2.24) is 19.8 Å². The average molecular weight is 345 g/mol. The zero-order valence-corrected chi connectivity index (χ0v) is 15.9. The topological polar surface area (TPSA) is 35.2 Å². The number of rotatable bonds is 7. The Bertz CT molecular complexity index is 514. The van der Waals surface area contributed by atoms with E-state index in [1.807, 2.05) is 0 Å². The van der Waals surface area contributed by atoms with E-state index in [9.17, 15) is 0 Å². The van der Waals surface area contributed by atoms with Gasteiger partial charge in [-0.15, -0.1) is 0 Å². The fraction of sp³-hybridized carbons (Fsp3) is 0.857. The summed E-state index contributed by atoms with van der Waals surface area (Å²) < 4.78 is 0. The number of H-pyrrole nitrogens is 1. The molecule has 0 aromatic carbocycles. The first-order chi connectivity index (χ1) is 12.4. The molecule has 0 bridgehead atoms. The fourth-order valence-corrected chi connectivity index (χ4v) is 5.23. The lowest BCUT2D eigenvalue weighted by molar-refractivity contribution is 0.120. The smallest absolute Gasteiger partial charge is 0.106 e. The summed E-state index contributed by atoms with van der Waals surface area (Å²) in [6.07, 6.45) is 17.3. The van der Waals surface area contributed by atoms with E-state index in [2.05, 4.69) is 26.0 Å². The summed E-state index contributed by atoms with van der Waals surface area (Å²) in [5.41, 5.74) is 1.33. The molecule has 3 heterocycles. The van der Waals surface area contributed by atoms with Crippen molar-refractivity contribution in [2.24, 2.45) is 5.92 Å². The lowest BCUT2D eigenvalue weighted by Gasteiger charge is -2.36. The van der Waals surface area contributed by atoms with Crippen LogP contribution in [0, 0.1) is 5.92 Å². The number of hydrogen-bond donors (Lipinski definition) is 1. The highest BCUT2D eigenvalue weighted by Crippen LogP contribution is 2.27. The van der Waals surface area contributed by atoms with E-state index in [0.717, 1.165) is 18.5 Å². The van der Waals surface area contributed by atoms with E-state index in [1.165, 1.54) is 108 Å². The van der Waals surface area contributed by atoms with Crippen LogP contribution in [-0.4, -0.2) is 52.0 Å². The van der Waals surface area contributed by atoms with Crippen LogP contribution in [0.2, 0.25) is 0 Å². The van der Waals surface area contributed by atoms with Crippen LogP contribution in [0.15, 0.2) is 6.20 Å². The van der Waals surface area contributed by atoms with Gasteiger partial charge in [0.15, 0.2) is 0 Å². The summed E-state index contributed by atoms with van der Waals surface area (Å²) in [6, 6.07) is 0.774. The van der Waals surface area contributed by atoms with Crippen molar-refractivity contribution in [2.75, 3.05) is 26.2 Å². The second-order valence-corrected chi connectivity index (χ2v) is 8.67. The molecule has 140 valence electrons. The van der Waals surface area contributed by atoms with Gasteiger partial charge < -0.3 is 9.88 Å². The molecule has 0 spiro atoms. The maximum Gasteiger partial charge on any atom is 0.106 e. The van der Waals surface area contributed by atoms with Gasteiger partial charge in [0.2, 0.25) is 0 Å². The number of likely N-dealkylation sites (tertiary alicyclic amines) is 2. The molecule has 1 saturated carbocycles. The van der Waals surface area contributed by atoms with Crippen LogP contribution in [-0.2, 0) is 13.0 Å². The Morgan fingerprint density at radius 1 is 0.960 bits per heavy atom. The molecule has 1 aromatic heterocycles. The number of aromatic nitrogens is 2. The normalized spacial score (nSPS) is 26.6. The van der Waals surface area contributed by atoms with E-state index in [1.54, 1.807) is 0 Å². The van der Waals surface area contributed by atoms with Crippen molar-refractivity contribution in [3.63, 3.8) is 0 Å². The molecule has 2 saturated heterocycles. The number of nitrogens with one attached hydrogen (secondary N) is 1. The molecule has 0 amide bonds. The van der Waals surface area contributed by atoms with Crippen molar-refractivity contribution in [3.8, 4) is 0 Å². The van der Waals surface area contributed by atoms with Crippen molar-refractivity contribution >= 4 is 0 Å². The highest BCUT2D eigenvalue weighted by molar-refractivity contribution is 5.03. The first kappa shape index (κ1) is 17.5. The minimum atomic E-state index is 0.774. The fourth-order valence-electron chi connectivity index (χ4n) is 5.23. The zero-order valence-electron chi connectivity index (χ0n) is 15.9. The average Bonchev–Trinajstić information content (AvgIpc) is 3.38. The van der Waals surface area contributed by atoms with Crippen molar-refractivity contribution < 1.29 is 0 Å². The molecule has 25 heavy (non-hydrogen) atoms. The number of imidazole rings is 1. The molecule has 1 atom stereocenters. The molecule has 0 unspecified atom stereocenters. The Labute approximate surface area is 153 Å². The molecule has 4 rings (SSSR count). The highest BCUT2D eigenvalue weighted by atomic mass is 15.2. The summed E-state index contributed by atoms with van der Waals surface area (Å²) in [5, 5.41) is 0. The number of aromatic amines is 1. The molecule has 1 aliphatic carbocycles. The lowest BCUT2D eigenvalue weighted by Crippen LogP contribution is -2.41. The Kier molecular flexibility index (Phi) is 6.09. The number of nitrogens with zero attached hydrogens (tertiary/aromatic N) is 3. The number of hydrogen-bond acceptors (Lipinski definition) is 3. The predicted octanol–water partition coefficient (Wildman–Crippen LogP) is 3.98. The molecule has 4 nitrogen and oxygen atoms in total. The van der Waals surface area contributed by atoms with Crippen LogP contribution >= 0.6 is 0 Å². The summed E-state index contributed by atoms with van der Waals surface area (Å²) in [7, 11) is 0. The summed E-state index contributed by atoms with van der Waals surface area (Å²) in [5.74, 6) is 2.11. The quantitative estimate of drug-likeness (QED) is 0.812. The van der Waals surface area contributed by atoms with Gasteiger partial charge in [-0.3, -0.25) is 4.90 Å². The first-order valence-corrected chi connectivity index (χ1v) is 10.9. The van der Waals surface area contributed by atoms with Crippen LogP contribution in [0.1, 0.15) is 75.7 Å². The third-order valence-corrected chi connectivity index (χ3v) is 6.74. The first-order valence-electron chi connectivity index (χ1n) is 10.9. The Morgan fingerprint density at radius 2 is 1.72 bits per heavy atom. The minimum Gasteiger partial charge on any atom is -0.345 e.